The molecule has 612 valence electrons. The van der Waals surface area contributed by atoms with Crippen molar-refractivity contribution in [2.24, 2.45) is 0 Å². The highest BCUT2D eigenvalue weighted by Crippen LogP contribution is 2.41. The van der Waals surface area contributed by atoms with E-state index in [2.05, 4.69) is 16.0 Å². The fraction of sp³-hybridized carbons (Fsp3) is 0.915. The molecule has 8 fully saturated rings. The van der Waals surface area contributed by atoms with Crippen molar-refractivity contribution in [1.82, 2.24) is 16.0 Å². The number of carbonyl (C=O) groups is 5. The second kappa shape index (κ2) is 37.5. The lowest BCUT2D eigenvalue weighted by molar-refractivity contribution is -0.393. The fourth-order valence-corrected chi connectivity index (χ4v) is 13.4. The third-order valence-corrected chi connectivity index (χ3v) is 19.1. The van der Waals surface area contributed by atoms with Gasteiger partial charge in [-0.15, -0.1) is 0 Å². The number of aliphatic carboxylic acids is 1. The van der Waals surface area contributed by atoms with Gasteiger partial charge in [0.15, 0.2) is 44.0 Å². The van der Waals surface area contributed by atoms with Crippen LogP contribution in [0, 0.1) is 0 Å². The summed E-state index contributed by atoms with van der Waals surface area (Å²) < 4.78 is 93.5. The maximum atomic E-state index is 13.3. The molecule has 0 aromatic rings. The molecule has 0 bridgehead atoms. The molecule has 0 aromatic carbocycles. The highest BCUT2D eigenvalue weighted by atomic mass is 16.8. The molecule has 8 saturated heterocycles. The lowest BCUT2D eigenvalue weighted by Gasteiger charge is -2.52. The van der Waals surface area contributed by atoms with Crippen molar-refractivity contribution in [3.05, 3.63) is 0 Å². The van der Waals surface area contributed by atoms with Crippen LogP contribution in [0.3, 0.4) is 0 Å². The van der Waals surface area contributed by atoms with E-state index in [1.54, 1.807) is 0 Å². The van der Waals surface area contributed by atoms with Gasteiger partial charge in [-0.25, -0.2) is 4.79 Å². The maximum Gasteiger partial charge on any atom is 0.364 e. The van der Waals surface area contributed by atoms with Crippen molar-refractivity contribution >= 4 is 29.7 Å². The number of ether oxygens (including phenoxy) is 16. The zero-order chi connectivity index (χ0) is 78.6. The number of hydrogen-bond acceptors (Lipinski definition) is 43. The molecular weight excluding hydrogens is 1450 g/mol. The number of amides is 3. The second-order valence-electron chi connectivity index (χ2n) is 26.6. The van der Waals surface area contributed by atoms with E-state index >= 15 is 0 Å². The first-order valence-corrected chi connectivity index (χ1v) is 33.5. The van der Waals surface area contributed by atoms with Crippen LogP contribution in [0.5, 0.6) is 0 Å². The van der Waals surface area contributed by atoms with Gasteiger partial charge in [-0.05, 0) is 6.92 Å². The van der Waals surface area contributed by atoms with Gasteiger partial charge in [-0.1, -0.05) is 0 Å². The second-order valence-corrected chi connectivity index (χ2v) is 26.6. The summed E-state index contributed by atoms with van der Waals surface area (Å²) in [7, 11) is 0. The molecule has 26 N–H and O–H groups in total. The van der Waals surface area contributed by atoms with Crippen molar-refractivity contribution < 1.29 is 217 Å². The normalized spacial score (nSPS) is 47.2. The Morgan fingerprint density at radius 3 is 1.40 bits per heavy atom. The first-order valence-electron chi connectivity index (χ1n) is 33.5. The van der Waals surface area contributed by atoms with Crippen LogP contribution in [-0.4, -0.2) is 444 Å². The Kier molecular flexibility index (Phi) is 30.9. The van der Waals surface area contributed by atoms with Gasteiger partial charge in [0.2, 0.25) is 17.7 Å². The van der Waals surface area contributed by atoms with Crippen LogP contribution in [0.25, 0.3) is 0 Å². The topological polar surface area (TPSA) is 734 Å². The minimum atomic E-state index is -3.08. The lowest BCUT2D eigenvalue weighted by atomic mass is 9.88. The first kappa shape index (κ1) is 87.4. The molecule has 106 heavy (non-hydrogen) atoms. The van der Waals surface area contributed by atoms with Crippen LogP contribution < -0.4 is 16.0 Å². The van der Waals surface area contributed by atoms with Gasteiger partial charge in [0.25, 0.3) is 5.79 Å². The summed E-state index contributed by atoms with van der Waals surface area (Å²) in [4.78, 5) is 64.1. The Bertz CT molecular complexity index is 2850. The Morgan fingerprint density at radius 2 is 0.858 bits per heavy atom. The Labute approximate surface area is 599 Å². The lowest BCUT2D eigenvalue weighted by Crippen LogP contribution is -2.71. The molecule has 8 aliphatic heterocycles. The summed E-state index contributed by atoms with van der Waals surface area (Å²) in [6.07, 6.45) is -77.8. The number of carboxylic acids is 1. The van der Waals surface area contributed by atoms with Gasteiger partial charge in [0.1, 0.15) is 189 Å². The number of aliphatic hydroxyl groups is 22. The van der Waals surface area contributed by atoms with E-state index in [-0.39, 0.29) is 0 Å². The smallest absolute Gasteiger partial charge is 0.364 e. The standard InChI is InChI=1S/C59H97N3O44/c1-14-30(73)36(79)41(84)54(93-14)104-49-29(62-17(4)70)53(98-24(11-67)47(49)103-55-42(85)37(80)32(75)21(8-64)96-55)105-50-34(77)25(99-57(44(50)87)102-46-22(9-65)95-51(88)40(83)39(46)82)12-91-52-28(61-16(3)69)35(78)45(23(10-66)97-52)101-56-43(86)38(81)33(76)26(100-56)13-92-59(58(89)90)6-20(94-18(5)71)27(60-15(2)68)48(106-59)31(74)19(72)7-63/h14,19-57,63-67,72-88H,6-13H2,1-5H3,(H,60,68)(H,61,69)(H,62,70)(H,89,90)/t14-,19+,20-,21+,22+,23+,24+,25+,26+,27+,28+,29+,30+,31+,32-,33-,34-,35+,36+,37-,38-,39+,40+,41-,42+,43+,44+,45+,46+,47+,48+,49+,50-,51?,52+,53-,54-,55-,56-,57-,59+/m0/s1. The van der Waals surface area contributed by atoms with Crippen LogP contribution in [0.15, 0.2) is 0 Å². The van der Waals surface area contributed by atoms with E-state index < -0.39 is 333 Å². The molecular formula is C59H97N3O44. The molecule has 0 spiro atoms. The van der Waals surface area contributed by atoms with Gasteiger partial charge in [0.05, 0.1) is 64.8 Å². The number of hydrogen-bond donors (Lipinski definition) is 26. The van der Waals surface area contributed by atoms with Gasteiger partial charge in [-0.3, -0.25) is 19.2 Å². The molecule has 8 heterocycles. The summed E-state index contributed by atoms with van der Waals surface area (Å²) in [5.74, 6) is -8.94. The summed E-state index contributed by atoms with van der Waals surface area (Å²) >= 11 is 0. The number of nitrogens with one attached hydrogen (secondary N) is 3. The number of esters is 1. The van der Waals surface area contributed by atoms with Crippen molar-refractivity contribution in [3.63, 3.8) is 0 Å². The van der Waals surface area contributed by atoms with Crippen molar-refractivity contribution in [2.75, 3.05) is 46.2 Å². The zero-order valence-corrected chi connectivity index (χ0v) is 57.1. The predicted octanol–water partition coefficient (Wildman–Crippen LogP) is -17.2. The number of aliphatic hydroxyl groups excluding tert-OH is 22. The molecule has 47 heteroatoms. The van der Waals surface area contributed by atoms with E-state index in [0.29, 0.717) is 0 Å². The predicted molar refractivity (Wildman–Crippen MR) is 325 cm³/mol. The van der Waals surface area contributed by atoms with Crippen LogP contribution in [0.4, 0.5) is 0 Å². The van der Waals surface area contributed by atoms with Crippen LogP contribution in [0.1, 0.15) is 41.0 Å². The Balaban J connectivity index is 1.08. The highest BCUT2D eigenvalue weighted by Gasteiger charge is 2.62. The van der Waals surface area contributed by atoms with Gasteiger partial charge in [-0.2, -0.15) is 0 Å². The van der Waals surface area contributed by atoms with E-state index in [1.165, 1.54) is 6.92 Å². The maximum absolute atomic E-state index is 13.3. The van der Waals surface area contributed by atoms with E-state index in [1.807, 2.05) is 0 Å². The Morgan fingerprint density at radius 1 is 0.425 bits per heavy atom. The van der Waals surface area contributed by atoms with Crippen LogP contribution in [-0.2, 0) is 99.8 Å². The molecule has 8 aliphatic rings. The average Bonchev–Trinajstić information content (AvgIpc) is 0.765. The van der Waals surface area contributed by atoms with E-state index in [9.17, 15) is 141 Å². The van der Waals surface area contributed by atoms with Gasteiger partial charge in [0, 0.05) is 27.7 Å². The molecule has 41 atom stereocenters. The largest absolute Gasteiger partial charge is 0.477 e. The third-order valence-electron chi connectivity index (χ3n) is 19.1. The summed E-state index contributed by atoms with van der Waals surface area (Å²) in [5.41, 5.74) is 0. The third kappa shape index (κ3) is 19.3. The molecule has 1 unspecified atom stereocenters. The van der Waals surface area contributed by atoms with Crippen LogP contribution in [0.2, 0.25) is 0 Å². The summed E-state index contributed by atoms with van der Waals surface area (Å²) in [6.45, 7) is -2.91. The van der Waals surface area contributed by atoms with Crippen molar-refractivity contribution in [3.8, 4) is 0 Å². The minimum Gasteiger partial charge on any atom is -0.477 e. The quantitative estimate of drug-likeness (QED) is 0.0324. The van der Waals surface area contributed by atoms with Crippen molar-refractivity contribution in [2.45, 2.75) is 292 Å². The first-order chi connectivity index (χ1) is 49.9. The van der Waals surface area contributed by atoms with Crippen molar-refractivity contribution in [1.29, 1.82) is 0 Å². The van der Waals surface area contributed by atoms with E-state index in [0.717, 1.165) is 27.7 Å². The van der Waals surface area contributed by atoms with E-state index in [4.69, 9.17) is 75.8 Å². The number of rotatable bonds is 28. The molecule has 0 aromatic heterocycles. The average molecular weight is 1550 g/mol. The monoisotopic (exact) mass is 1550 g/mol. The SMILES string of the molecule is CC(=O)N[C@H]1[C@H](OC[C@H]2O[C@@H](O[C@H]3[C@H](O)[C@@H](O)C(O)O[C@@H]3CO)[C@H](O)[C@@H](O[C@@H]3O[C@H](CO)[C@@H](O[C@@H]4O[C@H](CO)[C@H](O)[C@H](O)[C@H]4O)[C@H](O[C@@H]4O[C@@H](C)[C@@H](O)[C@@H](O)[C@@H]4O)[C@H]3NC(C)=O)[C@H]2O)O[C@H](CO)[C@@H](O[C@@H]2O[C@H](CO[C@]3(C(=O)O)C[C@H](OC(C)=O)[C@@H](NC(C)=O)[C@H]([C@H](O)[C@H](O)CO)O3)[C@H](O)[C@H](O)[C@H]2O)[C@@H]1O. The molecule has 47 nitrogen and oxygen atoms in total. The fourth-order valence-electron chi connectivity index (χ4n) is 13.4. The summed E-state index contributed by atoms with van der Waals surface area (Å²) in [6, 6.07) is -5.54. The molecule has 3 amide bonds. The molecule has 0 saturated carbocycles. The highest BCUT2D eigenvalue weighted by molar-refractivity contribution is 5.77. The number of carboxylic acid groups (broad SMARTS) is 1. The molecule has 8 rings (SSSR count). The summed E-state index contributed by atoms with van der Waals surface area (Å²) in [5, 5.41) is 259. The van der Waals surface area contributed by atoms with Gasteiger partial charge >= 0.3 is 11.9 Å². The Hall–Kier alpha value is -4.13. The molecule has 0 aliphatic carbocycles. The minimum absolute atomic E-state index is 0.835. The van der Waals surface area contributed by atoms with Gasteiger partial charge < -0.3 is 209 Å². The zero-order valence-electron chi connectivity index (χ0n) is 57.1. The molecule has 0 radical (unpaired) electrons. The number of carbonyl (C=O) groups excluding carboxylic acids is 4. The van der Waals surface area contributed by atoms with Crippen LogP contribution >= 0.6 is 0 Å².